The highest BCUT2D eigenvalue weighted by Gasteiger charge is 2.28. The molecule has 20 heavy (non-hydrogen) atoms. The zero-order valence-electron chi connectivity index (χ0n) is 11.6. The number of nitrogens with zero attached hydrogens (tertiary/aromatic N) is 3. The molecule has 0 amide bonds. The van der Waals surface area contributed by atoms with E-state index in [1.165, 1.54) is 0 Å². The topological polar surface area (TPSA) is 47.1 Å². The molecule has 1 aromatic carbocycles. The van der Waals surface area contributed by atoms with Crippen molar-refractivity contribution in [3.63, 3.8) is 0 Å². The number of rotatable bonds is 1. The van der Waals surface area contributed by atoms with Crippen LogP contribution in [0.4, 0.5) is 5.95 Å². The molecule has 2 heterocycles. The van der Waals surface area contributed by atoms with Crippen LogP contribution in [0.5, 0.6) is 0 Å². The molecule has 1 fully saturated rings. The van der Waals surface area contributed by atoms with Crippen molar-refractivity contribution in [2.75, 3.05) is 25.9 Å². The quantitative estimate of drug-likeness (QED) is 0.877. The highest BCUT2D eigenvalue weighted by Crippen LogP contribution is 2.35. The van der Waals surface area contributed by atoms with Gasteiger partial charge in [-0.3, -0.25) is 0 Å². The van der Waals surface area contributed by atoms with Gasteiger partial charge in [0.2, 0.25) is 5.95 Å². The van der Waals surface area contributed by atoms with Gasteiger partial charge in [0.15, 0.2) is 0 Å². The van der Waals surface area contributed by atoms with Crippen LogP contribution in [0.3, 0.4) is 0 Å². The minimum atomic E-state index is 0.355. The third-order valence-electron chi connectivity index (χ3n) is 4.15. The summed E-state index contributed by atoms with van der Waals surface area (Å²) in [6.45, 7) is 4.38. The molecule has 0 aliphatic carbocycles. The van der Waals surface area contributed by atoms with Gasteiger partial charge in [-0.25, -0.2) is 4.98 Å². The van der Waals surface area contributed by atoms with Gasteiger partial charge in [-0.15, -0.1) is 0 Å². The van der Waals surface area contributed by atoms with Crippen molar-refractivity contribution in [3.8, 4) is 0 Å². The lowest BCUT2D eigenvalue weighted by atomic mass is 9.94. The van der Waals surface area contributed by atoms with E-state index in [1.807, 2.05) is 6.07 Å². The Hall–Kier alpha value is -0.970. The van der Waals surface area contributed by atoms with Crippen LogP contribution in [0, 0.1) is 5.92 Å². The molecule has 108 valence electrons. The van der Waals surface area contributed by atoms with Gasteiger partial charge in [0.25, 0.3) is 0 Å². The zero-order valence-corrected chi connectivity index (χ0v) is 13.1. The molecule has 0 bridgehead atoms. The molecule has 0 radical (unpaired) electrons. The highest BCUT2D eigenvalue weighted by atomic mass is 35.5. The second kappa shape index (κ2) is 5.10. The number of nitrogens with two attached hydrogens (primary N) is 1. The monoisotopic (exact) mass is 312 g/mol. The van der Waals surface area contributed by atoms with Gasteiger partial charge >= 0.3 is 0 Å². The predicted octanol–water partition coefficient (Wildman–Crippen LogP) is 3.44. The summed E-state index contributed by atoms with van der Waals surface area (Å²) in [5.41, 5.74) is 7.91. The van der Waals surface area contributed by atoms with E-state index in [4.69, 9.17) is 28.9 Å². The fourth-order valence-corrected chi connectivity index (χ4v) is 3.50. The standard InChI is InChI=1S/C14H18Cl2N4/c1-8-7-19(2)4-3-12(8)20-13-6-10(16)9(15)5-11(13)18-14(20)17/h5-6,8,12H,3-4,7H2,1-2H3,(H2,17,18). The Morgan fingerprint density at radius 2 is 2.00 bits per heavy atom. The van der Waals surface area contributed by atoms with Gasteiger partial charge in [-0.2, -0.15) is 0 Å². The van der Waals surface area contributed by atoms with Crippen LogP contribution >= 0.6 is 23.2 Å². The summed E-state index contributed by atoms with van der Waals surface area (Å²) in [7, 11) is 2.15. The SMILES string of the molecule is CC1CN(C)CCC1n1c(N)nc2cc(Cl)c(Cl)cc21. The van der Waals surface area contributed by atoms with Gasteiger partial charge < -0.3 is 15.2 Å². The molecule has 1 aliphatic heterocycles. The average molecular weight is 313 g/mol. The lowest BCUT2D eigenvalue weighted by molar-refractivity contribution is 0.162. The van der Waals surface area contributed by atoms with E-state index in [0.717, 1.165) is 30.5 Å². The predicted molar refractivity (Wildman–Crippen MR) is 84.5 cm³/mol. The van der Waals surface area contributed by atoms with Crippen molar-refractivity contribution in [2.45, 2.75) is 19.4 Å². The molecule has 3 rings (SSSR count). The van der Waals surface area contributed by atoms with Crippen LogP contribution in [0.25, 0.3) is 11.0 Å². The fourth-order valence-electron chi connectivity index (χ4n) is 3.18. The summed E-state index contributed by atoms with van der Waals surface area (Å²) in [4.78, 5) is 6.78. The van der Waals surface area contributed by atoms with E-state index in [2.05, 4.69) is 28.4 Å². The average Bonchev–Trinajstić information content (AvgIpc) is 2.66. The molecule has 1 aromatic heterocycles. The second-order valence-corrected chi connectivity index (χ2v) is 6.50. The molecule has 2 atom stereocenters. The summed E-state index contributed by atoms with van der Waals surface area (Å²) in [5, 5.41) is 1.06. The van der Waals surface area contributed by atoms with E-state index in [-0.39, 0.29) is 0 Å². The molecule has 2 aromatic rings. The van der Waals surface area contributed by atoms with Crippen molar-refractivity contribution in [1.29, 1.82) is 0 Å². The fraction of sp³-hybridized carbons (Fsp3) is 0.500. The molecular formula is C14H18Cl2N4. The summed E-state index contributed by atoms with van der Waals surface area (Å²) in [5.74, 6) is 1.06. The van der Waals surface area contributed by atoms with E-state index in [9.17, 15) is 0 Å². The number of halogens is 2. The first-order valence-electron chi connectivity index (χ1n) is 6.78. The Kier molecular flexibility index (Phi) is 3.56. The molecule has 1 saturated heterocycles. The van der Waals surface area contributed by atoms with Crippen LogP contribution < -0.4 is 5.73 Å². The van der Waals surface area contributed by atoms with Crippen LogP contribution in [-0.2, 0) is 0 Å². The third kappa shape index (κ3) is 2.26. The van der Waals surface area contributed by atoms with E-state index >= 15 is 0 Å². The molecule has 2 N–H and O–H groups in total. The normalized spacial score (nSPS) is 24.4. The lowest BCUT2D eigenvalue weighted by Crippen LogP contribution is -2.38. The number of nitrogen functional groups attached to an aromatic ring is 1. The molecule has 2 unspecified atom stereocenters. The van der Waals surface area contributed by atoms with E-state index < -0.39 is 0 Å². The number of aromatic nitrogens is 2. The number of anilines is 1. The van der Waals surface area contributed by atoms with Crippen molar-refractivity contribution < 1.29 is 0 Å². The number of hydrogen-bond acceptors (Lipinski definition) is 3. The Morgan fingerprint density at radius 1 is 1.30 bits per heavy atom. The van der Waals surface area contributed by atoms with Crippen molar-refractivity contribution in [3.05, 3.63) is 22.2 Å². The molecule has 6 heteroatoms. The van der Waals surface area contributed by atoms with Gasteiger partial charge in [0.1, 0.15) is 0 Å². The number of fused-ring (bicyclic) bond motifs is 1. The van der Waals surface area contributed by atoms with Crippen molar-refractivity contribution in [1.82, 2.24) is 14.5 Å². The number of hydrogen-bond donors (Lipinski definition) is 1. The van der Waals surface area contributed by atoms with E-state index in [0.29, 0.717) is 28.0 Å². The number of piperidine rings is 1. The number of imidazole rings is 1. The maximum absolute atomic E-state index is 6.15. The highest BCUT2D eigenvalue weighted by molar-refractivity contribution is 6.42. The number of likely N-dealkylation sites (tertiary alicyclic amines) is 1. The largest absolute Gasteiger partial charge is 0.369 e. The van der Waals surface area contributed by atoms with Gasteiger partial charge in [0.05, 0.1) is 21.1 Å². The number of benzene rings is 1. The van der Waals surface area contributed by atoms with Crippen molar-refractivity contribution in [2.24, 2.45) is 5.92 Å². The molecule has 4 nitrogen and oxygen atoms in total. The first-order valence-corrected chi connectivity index (χ1v) is 7.54. The molecule has 0 spiro atoms. The van der Waals surface area contributed by atoms with Crippen LogP contribution in [0.2, 0.25) is 10.0 Å². The smallest absolute Gasteiger partial charge is 0.201 e. The molecular weight excluding hydrogens is 295 g/mol. The minimum absolute atomic E-state index is 0.355. The maximum atomic E-state index is 6.15. The van der Waals surface area contributed by atoms with Crippen molar-refractivity contribution >= 4 is 40.2 Å². The van der Waals surface area contributed by atoms with Gasteiger partial charge in [-0.1, -0.05) is 30.1 Å². The summed E-state index contributed by atoms with van der Waals surface area (Å²) in [6.07, 6.45) is 1.06. The Balaban J connectivity index is 2.11. The first kappa shape index (κ1) is 14.0. The zero-order chi connectivity index (χ0) is 14.4. The van der Waals surface area contributed by atoms with E-state index in [1.54, 1.807) is 6.07 Å². The Morgan fingerprint density at radius 3 is 2.70 bits per heavy atom. The van der Waals surface area contributed by atoms with Gasteiger partial charge in [0, 0.05) is 12.6 Å². The lowest BCUT2D eigenvalue weighted by Gasteiger charge is -2.36. The third-order valence-corrected chi connectivity index (χ3v) is 4.88. The summed E-state index contributed by atoms with van der Waals surface area (Å²) in [6, 6.07) is 4.01. The molecule has 0 saturated carbocycles. The Labute approximate surface area is 128 Å². The van der Waals surface area contributed by atoms with Crippen LogP contribution in [0.1, 0.15) is 19.4 Å². The minimum Gasteiger partial charge on any atom is -0.369 e. The molecule has 1 aliphatic rings. The maximum Gasteiger partial charge on any atom is 0.201 e. The van der Waals surface area contributed by atoms with Crippen LogP contribution in [-0.4, -0.2) is 34.6 Å². The summed E-state index contributed by atoms with van der Waals surface area (Å²) < 4.78 is 2.12. The second-order valence-electron chi connectivity index (χ2n) is 5.69. The van der Waals surface area contributed by atoms with Crippen LogP contribution in [0.15, 0.2) is 12.1 Å². The summed E-state index contributed by atoms with van der Waals surface area (Å²) >= 11 is 12.2. The first-order chi connectivity index (χ1) is 9.47. The van der Waals surface area contributed by atoms with Gasteiger partial charge in [-0.05, 0) is 38.1 Å². The Bertz CT molecular complexity index is 652.